The molecule has 3 rings (SSSR count). The summed E-state index contributed by atoms with van der Waals surface area (Å²) in [6, 6.07) is 10.3. The molecule has 2 aromatic heterocycles. The Balaban J connectivity index is 1.50. The highest BCUT2D eigenvalue weighted by atomic mass is 32.2. The van der Waals surface area contributed by atoms with E-state index in [1.165, 1.54) is 30.2 Å². The molecular formula is C17H16N4O4S2. The van der Waals surface area contributed by atoms with Crippen molar-refractivity contribution in [3.8, 4) is 0 Å². The lowest BCUT2D eigenvalue weighted by Gasteiger charge is -2.04. The molecule has 0 atom stereocenters. The van der Waals surface area contributed by atoms with Gasteiger partial charge < -0.3 is 14.5 Å². The number of carbonyl (C=O) groups is 2. The summed E-state index contributed by atoms with van der Waals surface area (Å²) in [5.74, 6) is 0.720. The smallest absolute Gasteiger partial charge is 0.373 e. The topological polar surface area (TPSA) is 106 Å². The van der Waals surface area contributed by atoms with Gasteiger partial charge in [0.2, 0.25) is 10.9 Å². The Bertz CT molecular complexity index is 937. The second-order valence-corrected chi connectivity index (χ2v) is 7.56. The maximum Gasteiger partial charge on any atom is 0.373 e. The van der Waals surface area contributed by atoms with E-state index in [9.17, 15) is 9.59 Å². The Kier molecular flexibility index (Phi) is 6.09. The number of hydrogen-bond donors (Lipinski definition) is 2. The Morgan fingerprint density at radius 3 is 2.67 bits per heavy atom. The molecule has 0 radical (unpaired) electrons. The molecule has 140 valence electrons. The number of nitrogens with zero attached hydrogens (tertiary/aromatic N) is 2. The van der Waals surface area contributed by atoms with Crippen LogP contribution in [-0.2, 0) is 10.5 Å². The molecular weight excluding hydrogens is 388 g/mol. The van der Waals surface area contributed by atoms with E-state index in [4.69, 9.17) is 4.42 Å². The monoisotopic (exact) mass is 404 g/mol. The lowest BCUT2D eigenvalue weighted by molar-refractivity contribution is 0.0563. The number of hydrogen-bond acceptors (Lipinski definition) is 8. The van der Waals surface area contributed by atoms with Gasteiger partial charge in [-0.25, -0.2) is 9.59 Å². The minimum Gasteiger partial charge on any atom is -0.463 e. The number of nitrogens with one attached hydrogen (secondary N) is 2. The lowest BCUT2D eigenvalue weighted by atomic mass is 10.2. The third-order valence-electron chi connectivity index (χ3n) is 3.32. The summed E-state index contributed by atoms with van der Waals surface area (Å²) in [7, 11) is 1.30. The van der Waals surface area contributed by atoms with E-state index in [1.54, 1.807) is 12.1 Å². The number of anilines is 2. The van der Waals surface area contributed by atoms with Crippen LogP contribution in [-0.4, -0.2) is 29.3 Å². The Morgan fingerprint density at radius 2 is 1.93 bits per heavy atom. The molecule has 0 saturated heterocycles. The highest BCUT2D eigenvalue weighted by Gasteiger charge is 2.13. The van der Waals surface area contributed by atoms with Crippen LogP contribution in [0.3, 0.4) is 0 Å². The van der Waals surface area contributed by atoms with E-state index < -0.39 is 5.97 Å². The van der Waals surface area contributed by atoms with Gasteiger partial charge in [-0.2, -0.15) is 0 Å². The summed E-state index contributed by atoms with van der Waals surface area (Å²) in [6.07, 6.45) is 0. The van der Waals surface area contributed by atoms with Gasteiger partial charge in [-0.05, 0) is 31.2 Å². The molecule has 0 saturated carbocycles. The number of benzene rings is 1. The number of furan rings is 1. The number of methoxy groups -OCH3 is 1. The first-order chi connectivity index (χ1) is 13.0. The Hall–Kier alpha value is -2.85. The van der Waals surface area contributed by atoms with Crippen LogP contribution in [0.5, 0.6) is 0 Å². The SMILES string of the molecule is COC(=O)c1ccc(CSc2nnc(NC(=O)Nc3ccc(C)cc3)s2)o1. The van der Waals surface area contributed by atoms with Crippen molar-refractivity contribution in [2.75, 3.05) is 17.7 Å². The molecule has 0 fully saturated rings. The molecule has 2 amide bonds. The highest BCUT2D eigenvalue weighted by molar-refractivity contribution is 8.00. The zero-order valence-electron chi connectivity index (χ0n) is 14.5. The van der Waals surface area contributed by atoms with Crippen LogP contribution >= 0.6 is 23.1 Å². The first kappa shape index (κ1) is 18.9. The van der Waals surface area contributed by atoms with E-state index in [2.05, 4.69) is 25.6 Å². The van der Waals surface area contributed by atoms with Gasteiger partial charge >= 0.3 is 12.0 Å². The standard InChI is InChI=1S/C17H16N4O4S2/c1-10-3-5-11(6-4-10)18-15(23)19-16-20-21-17(27-16)26-9-12-7-8-13(25-12)14(22)24-2/h3-8H,9H2,1-2H3,(H2,18,19,20,23). The number of rotatable bonds is 6. The van der Waals surface area contributed by atoms with E-state index in [-0.39, 0.29) is 11.8 Å². The number of amides is 2. The van der Waals surface area contributed by atoms with Gasteiger partial charge in [0.25, 0.3) is 0 Å². The average molecular weight is 404 g/mol. The minimum atomic E-state index is -0.520. The predicted molar refractivity (Wildman–Crippen MR) is 103 cm³/mol. The van der Waals surface area contributed by atoms with Crippen molar-refractivity contribution in [1.82, 2.24) is 10.2 Å². The first-order valence-electron chi connectivity index (χ1n) is 7.81. The molecule has 1 aromatic carbocycles. The molecule has 27 heavy (non-hydrogen) atoms. The Morgan fingerprint density at radius 1 is 1.15 bits per heavy atom. The number of aryl methyl sites for hydroxylation is 1. The van der Waals surface area contributed by atoms with Crippen LogP contribution in [0, 0.1) is 6.92 Å². The highest BCUT2D eigenvalue weighted by Crippen LogP contribution is 2.29. The van der Waals surface area contributed by atoms with Crippen LogP contribution in [0.15, 0.2) is 45.2 Å². The zero-order valence-corrected chi connectivity index (χ0v) is 16.1. The normalized spacial score (nSPS) is 10.4. The number of carbonyl (C=O) groups excluding carboxylic acids is 2. The largest absolute Gasteiger partial charge is 0.463 e. The molecule has 3 aromatic rings. The lowest BCUT2D eigenvalue weighted by Crippen LogP contribution is -2.19. The summed E-state index contributed by atoms with van der Waals surface area (Å²) < 4.78 is 10.6. The molecule has 10 heteroatoms. The van der Waals surface area contributed by atoms with Crippen molar-refractivity contribution in [3.63, 3.8) is 0 Å². The summed E-state index contributed by atoms with van der Waals surface area (Å²) in [5.41, 5.74) is 1.80. The molecule has 0 aliphatic rings. The van der Waals surface area contributed by atoms with Gasteiger partial charge in [0.15, 0.2) is 4.34 Å². The van der Waals surface area contributed by atoms with E-state index in [0.717, 1.165) is 5.56 Å². The summed E-state index contributed by atoms with van der Waals surface area (Å²) in [4.78, 5) is 23.4. The van der Waals surface area contributed by atoms with Crippen LogP contribution in [0.2, 0.25) is 0 Å². The molecule has 0 aliphatic carbocycles. The second kappa shape index (κ2) is 8.69. The van der Waals surface area contributed by atoms with Gasteiger partial charge in [-0.3, -0.25) is 5.32 Å². The van der Waals surface area contributed by atoms with Crippen molar-refractivity contribution < 1.29 is 18.7 Å². The van der Waals surface area contributed by atoms with Crippen molar-refractivity contribution in [2.45, 2.75) is 17.0 Å². The maximum atomic E-state index is 12.0. The van der Waals surface area contributed by atoms with E-state index >= 15 is 0 Å². The van der Waals surface area contributed by atoms with Crippen molar-refractivity contribution in [3.05, 3.63) is 53.5 Å². The Labute approximate surface area is 163 Å². The van der Waals surface area contributed by atoms with Gasteiger partial charge in [0.05, 0.1) is 12.9 Å². The number of urea groups is 1. The third-order valence-corrected chi connectivity index (χ3v) is 5.32. The van der Waals surface area contributed by atoms with Crippen LogP contribution in [0.4, 0.5) is 15.6 Å². The third kappa shape index (κ3) is 5.31. The van der Waals surface area contributed by atoms with Gasteiger partial charge in [0, 0.05) is 5.69 Å². The molecule has 0 unspecified atom stereocenters. The zero-order chi connectivity index (χ0) is 19.2. The van der Waals surface area contributed by atoms with Gasteiger partial charge in [0.1, 0.15) is 5.76 Å². The van der Waals surface area contributed by atoms with Crippen LogP contribution in [0.25, 0.3) is 0 Å². The fourth-order valence-electron chi connectivity index (χ4n) is 2.01. The average Bonchev–Trinajstić information content (AvgIpc) is 3.30. The van der Waals surface area contributed by atoms with E-state index in [0.29, 0.717) is 26.7 Å². The van der Waals surface area contributed by atoms with Gasteiger partial charge in [-0.15, -0.1) is 10.2 Å². The fourth-order valence-corrected chi connectivity index (χ4v) is 3.65. The van der Waals surface area contributed by atoms with Crippen LogP contribution < -0.4 is 10.6 Å². The number of thioether (sulfide) groups is 1. The summed E-state index contributed by atoms with van der Waals surface area (Å²) >= 11 is 2.63. The quantitative estimate of drug-likeness (QED) is 0.361. The van der Waals surface area contributed by atoms with Gasteiger partial charge in [-0.1, -0.05) is 40.8 Å². The fraction of sp³-hybridized carbons (Fsp3) is 0.176. The molecule has 8 nitrogen and oxygen atoms in total. The molecule has 0 aliphatic heterocycles. The van der Waals surface area contributed by atoms with Crippen molar-refractivity contribution in [2.24, 2.45) is 0 Å². The number of aromatic nitrogens is 2. The van der Waals surface area contributed by atoms with Crippen LogP contribution in [0.1, 0.15) is 21.9 Å². The number of ether oxygens (including phenoxy) is 1. The van der Waals surface area contributed by atoms with E-state index in [1.807, 2.05) is 31.2 Å². The second-order valence-electron chi connectivity index (χ2n) is 5.36. The molecule has 2 N–H and O–H groups in total. The summed E-state index contributed by atoms with van der Waals surface area (Å²) in [5, 5.41) is 13.7. The predicted octanol–water partition coefficient (Wildman–Crippen LogP) is 4.16. The molecule has 2 heterocycles. The van der Waals surface area contributed by atoms with Crippen molar-refractivity contribution in [1.29, 1.82) is 0 Å². The molecule has 0 spiro atoms. The molecule has 0 bridgehead atoms. The number of esters is 1. The maximum absolute atomic E-state index is 12.0. The minimum absolute atomic E-state index is 0.153. The summed E-state index contributed by atoms with van der Waals surface area (Å²) in [6.45, 7) is 1.98. The van der Waals surface area contributed by atoms with Crippen molar-refractivity contribution >= 4 is 45.9 Å². The first-order valence-corrected chi connectivity index (χ1v) is 9.61.